The highest BCUT2D eigenvalue weighted by Crippen LogP contribution is 2.31. The molecular formula is C29H33Cl2N3O5S. The van der Waals surface area contributed by atoms with Crippen molar-refractivity contribution in [1.29, 1.82) is 0 Å². The molecule has 0 aliphatic rings. The van der Waals surface area contributed by atoms with Crippen LogP contribution in [-0.2, 0) is 26.2 Å². The van der Waals surface area contributed by atoms with Crippen LogP contribution in [-0.4, -0.2) is 51.4 Å². The largest absolute Gasteiger partial charge is 0.497 e. The molecule has 0 aliphatic carbocycles. The summed E-state index contributed by atoms with van der Waals surface area (Å²) in [6.45, 7) is 5.34. The Kier molecular flexibility index (Phi) is 10.8. The van der Waals surface area contributed by atoms with Crippen LogP contribution in [0.2, 0.25) is 10.0 Å². The number of nitrogens with one attached hydrogen (secondary N) is 1. The third-order valence-corrected chi connectivity index (χ3v) is 8.86. The van der Waals surface area contributed by atoms with E-state index in [0.29, 0.717) is 18.7 Å². The van der Waals surface area contributed by atoms with Crippen LogP contribution in [0.15, 0.2) is 71.6 Å². The molecule has 11 heteroatoms. The minimum atomic E-state index is -4.21. The molecule has 0 aliphatic heterocycles. The minimum absolute atomic E-state index is 0.00874. The minimum Gasteiger partial charge on any atom is -0.497 e. The Bertz CT molecular complexity index is 1430. The number of methoxy groups -OCH3 is 1. The van der Waals surface area contributed by atoms with Crippen LogP contribution >= 0.6 is 23.2 Å². The van der Waals surface area contributed by atoms with Crippen molar-refractivity contribution in [1.82, 2.24) is 10.2 Å². The van der Waals surface area contributed by atoms with Gasteiger partial charge in [-0.3, -0.25) is 13.9 Å². The molecule has 40 heavy (non-hydrogen) atoms. The van der Waals surface area contributed by atoms with E-state index < -0.39 is 28.5 Å². The van der Waals surface area contributed by atoms with E-state index in [4.69, 9.17) is 27.9 Å². The third-order valence-electron chi connectivity index (χ3n) is 6.33. The Morgan fingerprint density at radius 3 is 2.15 bits per heavy atom. The van der Waals surface area contributed by atoms with Crippen LogP contribution in [0.4, 0.5) is 5.69 Å². The lowest BCUT2D eigenvalue weighted by Crippen LogP contribution is -2.52. The Hall–Kier alpha value is -3.27. The molecule has 3 aromatic rings. The van der Waals surface area contributed by atoms with Gasteiger partial charge >= 0.3 is 0 Å². The highest BCUT2D eigenvalue weighted by molar-refractivity contribution is 7.92. The number of amides is 2. The molecule has 0 bridgehead atoms. The molecule has 1 atom stereocenters. The first kappa shape index (κ1) is 31.3. The van der Waals surface area contributed by atoms with E-state index >= 15 is 0 Å². The summed E-state index contributed by atoms with van der Waals surface area (Å²) in [5, 5.41) is 3.16. The van der Waals surface area contributed by atoms with Crippen molar-refractivity contribution in [2.75, 3.05) is 24.5 Å². The molecular weight excluding hydrogens is 573 g/mol. The molecule has 0 saturated heterocycles. The maximum Gasteiger partial charge on any atom is 0.264 e. The Morgan fingerprint density at radius 2 is 1.60 bits per heavy atom. The average Bonchev–Trinajstić information content (AvgIpc) is 2.93. The molecule has 0 aromatic heterocycles. The first-order valence-corrected chi connectivity index (χ1v) is 15.0. The summed E-state index contributed by atoms with van der Waals surface area (Å²) in [6.07, 6.45) is 0.325. The van der Waals surface area contributed by atoms with Gasteiger partial charge in [-0.05, 0) is 68.3 Å². The number of carbonyl (C=O) groups excluding carboxylic acids is 2. The number of rotatable bonds is 12. The first-order chi connectivity index (χ1) is 19.0. The Morgan fingerprint density at radius 1 is 0.950 bits per heavy atom. The van der Waals surface area contributed by atoms with Crippen molar-refractivity contribution in [3.05, 3.63) is 87.9 Å². The van der Waals surface area contributed by atoms with Gasteiger partial charge in [0.2, 0.25) is 11.8 Å². The smallest absolute Gasteiger partial charge is 0.264 e. The topological polar surface area (TPSA) is 96.0 Å². The van der Waals surface area contributed by atoms with Gasteiger partial charge in [0.05, 0.1) is 27.7 Å². The maximum atomic E-state index is 14.0. The predicted octanol–water partition coefficient (Wildman–Crippen LogP) is 5.45. The molecule has 0 saturated carbocycles. The van der Waals surface area contributed by atoms with Crippen LogP contribution in [0.5, 0.6) is 5.75 Å². The van der Waals surface area contributed by atoms with Crippen molar-refractivity contribution in [2.45, 2.75) is 44.7 Å². The number of nitrogens with zero attached hydrogens (tertiary/aromatic N) is 2. The number of ether oxygens (including phenoxy) is 1. The predicted molar refractivity (Wildman–Crippen MR) is 158 cm³/mol. The molecule has 2 amide bonds. The molecule has 1 N–H and O–H groups in total. The lowest BCUT2D eigenvalue weighted by atomic mass is 10.1. The van der Waals surface area contributed by atoms with Crippen LogP contribution in [0, 0.1) is 6.92 Å². The fourth-order valence-electron chi connectivity index (χ4n) is 4.15. The number of anilines is 1. The van der Waals surface area contributed by atoms with Gasteiger partial charge in [0.15, 0.2) is 0 Å². The van der Waals surface area contributed by atoms with E-state index in [0.717, 1.165) is 15.4 Å². The van der Waals surface area contributed by atoms with E-state index in [1.807, 2.05) is 6.92 Å². The first-order valence-electron chi connectivity index (χ1n) is 12.8. The molecule has 0 fully saturated rings. The number of likely N-dealkylation sites (N-methyl/N-ethyl adjacent to an activating group) is 1. The number of aryl methyl sites for hydroxylation is 1. The molecule has 214 valence electrons. The number of sulfonamides is 1. The zero-order valence-electron chi connectivity index (χ0n) is 22.9. The second-order valence-electron chi connectivity index (χ2n) is 9.11. The zero-order valence-corrected chi connectivity index (χ0v) is 25.2. The lowest BCUT2D eigenvalue weighted by molar-refractivity contribution is -0.140. The van der Waals surface area contributed by atoms with Gasteiger partial charge in [0.25, 0.3) is 10.0 Å². The van der Waals surface area contributed by atoms with Crippen molar-refractivity contribution < 1.29 is 22.7 Å². The van der Waals surface area contributed by atoms with Gasteiger partial charge in [-0.25, -0.2) is 8.42 Å². The van der Waals surface area contributed by atoms with Crippen LogP contribution in [0.25, 0.3) is 0 Å². The average molecular weight is 607 g/mol. The summed E-state index contributed by atoms with van der Waals surface area (Å²) in [7, 11) is -2.65. The van der Waals surface area contributed by atoms with Crippen LogP contribution in [0.1, 0.15) is 31.4 Å². The quantitative estimate of drug-likeness (QED) is 0.296. The summed E-state index contributed by atoms with van der Waals surface area (Å²) in [5.41, 5.74) is 1.80. The van der Waals surface area contributed by atoms with E-state index in [1.165, 1.54) is 35.2 Å². The van der Waals surface area contributed by atoms with Crippen molar-refractivity contribution in [3.63, 3.8) is 0 Å². The number of hydrogen-bond donors (Lipinski definition) is 1. The molecule has 0 spiro atoms. The number of benzene rings is 3. The van der Waals surface area contributed by atoms with Gasteiger partial charge in [0, 0.05) is 13.1 Å². The summed E-state index contributed by atoms with van der Waals surface area (Å²) in [5.74, 6) is -0.239. The fourth-order valence-corrected chi connectivity index (χ4v) is 5.84. The summed E-state index contributed by atoms with van der Waals surface area (Å²) in [4.78, 5) is 28.4. The van der Waals surface area contributed by atoms with Gasteiger partial charge in [-0.15, -0.1) is 0 Å². The number of hydrogen-bond acceptors (Lipinski definition) is 5. The fraction of sp³-hybridized carbons (Fsp3) is 0.310. The Labute approximate surface area is 245 Å². The van der Waals surface area contributed by atoms with Crippen LogP contribution in [0.3, 0.4) is 0 Å². The van der Waals surface area contributed by atoms with Crippen molar-refractivity contribution in [2.24, 2.45) is 0 Å². The normalized spacial score (nSPS) is 11.9. The van der Waals surface area contributed by atoms with Crippen molar-refractivity contribution in [3.8, 4) is 5.75 Å². The molecule has 3 rings (SSSR count). The van der Waals surface area contributed by atoms with E-state index in [1.54, 1.807) is 57.4 Å². The maximum absolute atomic E-state index is 14.0. The lowest BCUT2D eigenvalue weighted by Gasteiger charge is -2.33. The molecule has 8 nitrogen and oxygen atoms in total. The molecule has 0 heterocycles. The van der Waals surface area contributed by atoms with Gasteiger partial charge in [-0.2, -0.15) is 0 Å². The van der Waals surface area contributed by atoms with E-state index in [2.05, 4.69) is 5.32 Å². The van der Waals surface area contributed by atoms with E-state index in [9.17, 15) is 18.0 Å². The highest BCUT2D eigenvalue weighted by Gasteiger charge is 2.33. The van der Waals surface area contributed by atoms with Crippen molar-refractivity contribution >= 4 is 50.7 Å². The molecule has 0 radical (unpaired) electrons. The number of carbonyl (C=O) groups is 2. The third kappa shape index (κ3) is 7.47. The van der Waals surface area contributed by atoms with Crippen LogP contribution < -0.4 is 14.4 Å². The van der Waals surface area contributed by atoms with E-state index in [-0.39, 0.29) is 33.1 Å². The second-order valence-corrected chi connectivity index (χ2v) is 11.8. The summed E-state index contributed by atoms with van der Waals surface area (Å²) >= 11 is 12.3. The summed E-state index contributed by atoms with van der Waals surface area (Å²) < 4.78 is 34.0. The highest BCUT2D eigenvalue weighted by atomic mass is 35.5. The second kappa shape index (κ2) is 13.9. The standard InChI is InChI=1S/C29H33Cl2N3O5S/c1-5-27(29(36)32-6-2)33(18-21-9-12-23(39-4)13-10-21)28(35)19-34(22-11-16-25(30)26(31)17-22)40(37,38)24-14-7-20(3)8-15-24/h7-17,27H,5-6,18-19H2,1-4H3,(H,32,36)/t27-/m1/s1. The Balaban J connectivity index is 2.07. The molecule has 0 unspecified atom stereocenters. The number of halogens is 2. The zero-order chi connectivity index (χ0) is 29.4. The van der Waals surface area contributed by atoms with Gasteiger partial charge in [-0.1, -0.05) is 60.0 Å². The monoisotopic (exact) mass is 605 g/mol. The van der Waals surface area contributed by atoms with Gasteiger partial charge in [0.1, 0.15) is 18.3 Å². The SMILES string of the molecule is CCNC(=O)[C@@H](CC)N(Cc1ccc(OC)cc1)C(=O)CN(c1ccc(Cl)c(Cl)c1)S(=O)(=O)c1ccc(C)cc1. The molecule has 3 aromatic carbocycles. The summed E-state index contributed by atoms with van der Waals surface area (Å²) in [6, 6.07) is 17.0. The van der Waals surface area contributed by atoms with Gasteiger partial charge < -0.3 is 15.0 Å².